The largest absolute Gasteiger partial charge is 0.507 e. The summed E-state index contributed by atoms with van der Waals surface area (Å²) in [5.41, 5.74) is 2.33. The van der Waals surface area contributed by atoms with Gasteiger partial charge in [-0.3, -0.25) is 14.9 Å². The first-order chi connectivity index (χ1) is 25.7. The number of rotatable bonds is 15. The summed E-state index contributed by atoms with van der Waals surface area (Å²) >= 11 is 1.67. The minimum atomic E-state index is -0.559. The van der Waals surface area contributed by atoms with Gasteiger partial charge in [-0.05, 0) is 54.6 Å². The summed E-state index contributed by atoms with van der Waals surface area (Å²) in [6.07, 6.45) is -0.548. The SMILES string of the molecule is COC(=O)Nc1nc2ccc(Sc3ccccc3)cc2[nH]1.Cl.Cl.O=C1c2c(O)ccc(O)c2C(=O)c2c(NCCNCCO)ccc(NCCNCCO)c21. The number of imidazole rings is 1. The van der Waals surface area contributed by atoms with Gasteiger partial charge in [0.25, 0.3) is 0 Å². The van der Waals surface area contributed by atoms with Crippen LogP contribution in [0, 0.1) is 0 Å². The van der Waals surface area contributed by atoms with Crippen molar-refractivity contribution >= 4 is 82.6 Å². The van der Waals surface area contributed by atoms with Gasteiger partial charge in [-0.15, -0.1) is 24.8 Å². The number of ether oxygens (including phenoxy) is 1. The number of aromatic hydroxyl groups is 2. The van der Waals surface area contributed by atoms with Gasteiger partial charge >= 0.3 is 6.09 Å². The monoisotopic (exact) mass is 815 g/mol. The van der Waals surface area contributed by atoms with E-state index in [4.69, 9.17) is 10.2 Å². The number of ketones is 2. The van der Waals surface area contributed by atoms with Crippen LogP contribution in [0.4, 0.5) is 22.1 Å². The van der Waals surface area contributed by atoms with Crippen LogP contribution in [0.15, 0.2) is 82.6 Å². The normalized spacial score (nSPS) is 11.3. The first-order valence-corrected chi connectivity index (χ1v) is 17.6. The van der Waals surface area contributed by atoms with Crippen LogP contribution in [0.3, 0.4) is 0 Å². The molecule has 18 heteroatoms. The van der Waals surface area contributed by atoms with E-state index < -0.39 is 17.7 Å². The first kappa shape index (κ1) is 44.3. The third-order valence-corrected chi connectivity index (χ3v) is 8.92. The second kappa shape index (κ2) is 21.7. The third kappa shape index (κ3) is 11.2. The Balaban J connectivity index is 0.000000307. The van der Waals surface area contributed by atoms with Crippen LogP contribution in [-0.4, -0.2) is 108 Å². The van der Waals surface area contributed by atoms with Gasteiger partial charge in [-0.25, -0.2) is 9.78 Å². The molecule has 0 saturated heterocycles. The van der Waals surface area contributed by atoms with Gasteiger partial charge in [0, 0.05) is 60.4 Å². The molecule has 55 heavy (non-hydrogen) atoms. The molecule has 294 valence electrons. The zero-order chi connectivity index (χ0) is 37.7. The van der Waals surface area contributed by atoms with Crippen molar-refractivity contribution in [3.63, 3.8) is 0 Å². The second-order valence-corrected chi connectivity index (χ2v) is 12.7. The van der Waals surface area contributed by atoms with Crippen molar-refractivity contribution in [3.05, 3.63) is 95.1 Å². The van der Waals surface area contributed by atoms with Crippen LogP contribution in [0.25, 0.3) is 11.0 Å². The van der Waals surface area contributed by atoms with Crippen LogP contribution < -0.4 is 26.6 Å². The highest BCUT2D eigenvalue weighted by Crippen LogP contribution is 2.42. The standard InChI is InChI=1S/C22H28N4O6.C15H13N3O2S.2ClH/c27-11-9-23-5-7-25-13-1-2-14(26-8-6-24-10-12-28)18-17(13)21(31)19-15(29)3-4-16(30)20(19)22(18)32;1-20-15(19)18-14-16-12-8-7-11(9-13(12)17-14)21-10-5-3-2-4-6-10;;/h1-4,23-30H,5-12H2;2-9H,1H3,(H2,16,17,18,19);2*1H. The number of carbonyl (C=O) groups is 3. The maximum Gasteiger partial charge on any atom is 0.413 e. The number of anilines is 3. The molecule has 0 bridgehead atoms. The zero-order valence-corrected chi connectivity index (χ0v) is 32.1. The molecule has 1 aliphatic carbocycles. The highest BCUT2D eigenvalue weighted by atomic mass is 35.5. The zero-order valence-electron chi connectivity index (χ0n) is 29.7. The summed E-state index contributed by atoms with van der Waals surface area (Å²) in [6, 6.07) is 21.8. The molecule has 5 aromatic rings. The molecule has 15 nitrogen and oxygen atoms in total. The van der Waals surface area contributed by atoms with E-state index in [1.807, 2.05) is 36.4 Å². The fourth-order valence-electron chi connectivity index (χ4n) is 5.52. The number of aliphatic hydroxyl groups excluding tert-OH is 2. The Labute approximate surface area is 333 Å². The van der Waals surface area contributed by atoms with Crippen molar-refractivity contribution in [1.29, 1.82) is 0 Å². The quantitative estimate of drug-likeness (QED) is 0.0505. The number of aromatic amines is 1. The maximum atomic E-state index is 13.4. The van der Waals surface area contributed by atoms with E-state index in [-0.39, 0.29) is 71.8 Å². The number of carbonyl (C=O) groups excluding carboxylic acids is 3. The number of phenolic OH excluding ortho intramolecular Hbond substituents is 2. The summed E-state index contributed by atoms with van der Waals surface area (Å²) in [6.45, 7) is 2.81. The molecule has 4 aromatic carbocycles. The number of hydrogen-bond acceptors (Lipinski definition) is 14. The Morgan fingerprint density at radius 1 is 0.709 bits per heavy atom. The van der Waals surface area contributed by atoms with Gasteiger partial charge < -0.3 is 51.4 Å². The van der Waals surface area contributed by atoms with Gasteiger partial charge in [0.2, 0.25) is 17.5 Å². The minimum Gasteiger partial charge on any atom is -0.507 e. The lowest BCUT2D eigenvalue weighted by Crippen LogP contribution is -2.28. The molecule has 0 atom stereocenters. The van der Waals surface area contributed by atoms with E-state index in [1.54, 1.807) is 23.9 Å². The number of aromatic nitrogens is 2. The molecule has 0 fully saturated rings. The van der Waals surface area contributed by atoms with Crippen molar-refractivity contribution in [2.24, 2.45) is 0 Å². The number of amides is 1. The summed E-state index contributed by atoms with van der Waals surface area (Å²) in [4.78, 5) is 47.5. The predicted molar refractivity (Wildman–Crippen MR) is 217 cm³/mol. The number of hydrogen-bond donors (Lipinski definition) is 10. The molecule has 1 amide bonds. The molecule has 1 heterocycles. The lowest BCUT2D eigenvalue weighted by atomic mass is 9.81. The van der Waals surface area contributed by atoms with Gasteiger partial charge in [-0.2, -0.15) is 0 Å². The van der Waals surface area contributed by atoms with Crippen molar-refractivity contribution in [1.82, 2.24) is 20.6 Å². The molecular weight excluding hydrogens is 773 g/mol. The van der Waals surface area contributed by atoms with Gasteiger partial charge in [0.05, 0.1) is 53.6 Å². The highest BCUT2D eigenvalue weighted by molar-refractivity contribution is 7.99. The van der Waals surface area contributed by atoms with E-state index in [9.17, 15) is 24.6 Å². The average Bonchev–Trinajstić information content (AvgIpc) is 3.56. The molecule has 0 radical (unpaired) electrons. The van der Waals surface area contributed by atoms with Gasteiger partial charge in [0.15, 0.2) is 0 Å². The Bertz CT molecular complexity index is 1990. The number of fused-ring (bicyclic) bond motifs is 3. The molecule has 0 spiro atoms. The fraction of sp³-hybridized carbons (Fsp3) is 0.243. The molecule has 1 aromatic heterocycles. The van der Waals surface area contributed by atoms with Gasteiger partial charge in [0.1, 0.15) is 11.5 Å². The smallest absolute Gasteiger partial charge is 0.413 e. The molecule has 0 unspecified atom stereocenters. The number of phenols is 2. The average molecular weight is 817 g/mol. The molecule has 10 N–H and O–H groups in total. The molecule has 0 saturated carbocycles. The highest BCUT2D eigenvalue weighted by Gasteiger charge is 2.37. The number of H-pyrrole nitrogens is 1. The third-order valence-electron chi connectivity index (χ3n) is 7.92. The summed E-state index contributed by atoms with van der Waals surface area (Å²) < 4.78 is 4.54. The second-order valence-electron chi connectivity index (χ2n) is 11.5. The molecule has 6 rings (SSSR count). The van der Waals surface area contributed by atoms with E-state index in [2.05, 4.69) is 53.4 Å². The summed E-state index contributed by atoms with van der Waals surface area (Å²) in [5, 5.41) is 53.1. The molecule has 0 aliphatic heterocycles. The number of methoxy groups -OCH3 is 1. The lowest BCUT2D eigenvalue weighted by molar-refractivity contribution is 0.0975. The van der Waals surface area contributed by atoms with E-state index >= 15 is 0 Å². The number of nitrogens with zero attached hydrogens (tertiary/aromatic N) is 1. The van der Waals surface area contributed by atoms with Crippen LogP contribution in [0.1, 0.15) is 31.8 Å². The van der Waals surface area contributed by atoms with Crippen molar-refractivity contribution in [3.8, 4) is 11.5 Å². The van der Waals surface area contributed by atoms with Gasteiger partial charge in [-0.1, -0.05) is 30.0 Å². The Morgan fingerprint density at radius 3 is 1.76 bits per heavy atom. The lowest BCUT2D eigenvalue weighted by Gasteiger charge is -2.25. The van der Waals surface area contributed by atoms with Crippen LogP contribution in [-0.2, 0) is 4.74 Å². The summed E-state index contributed by atoms with van der Waals surface area (Å²) in [7, 11) is 1.31. The van der Waals surface area contributed by atoms with Crippen molar-refractivity contribution in [2.45, 2.75) is 9.79 Å². The van der Waals surface area contributed by atoms with Crippen molar-refractivity contribution in [2.75, 3.05) is 75.5 Å². The predicted octanol–water partition coefficient (Wildman–Crippen LogP) is 4.60. The number of benzene rings is 4. The van der Waals surface area contributed by atoms with Crippen molar-refractivity contribution < 1.29 is 39.5 Å². The summed E-state index contributed by atoms with van der Waals surface area (Å²) in [5.74, 6) is -1.49. The fourth-order valence-corrected chi connectivity index (χ4v) is 6.40. The van der Waals surface area contributed by atoms with E-state index in [0.29, 0.717) is 56.6 Å². The Kier molecular flexibility index (Phi) is 17.5. The minimum absolute atomic E-state index is 0. The van der Waals surface area contributed by atoms with Crippen LogP contribution in [0.5, 0.6) is 11.5 Å². The topological polar surface area (TPSA) is 230 Å². The van der Waals surface area contributed by atoms with Crippen LogP contribution in [0.2, 0.25) is 0 Å². The number of nitrogens with one attached hydrogen (secondary N) is 6. The number of halogens is 2. The Hall–Kier alpha value is -5.07. The first-order valence-electron chi connectivity index (χ1n) is 16.8. The van der Waals surface area contributed by atoms with E-state index in [1.165, 1.54) is 24.1 Å². The molecular formula is C37H43Cl2N7O8S. The van der Waals surface area contributed by atoms with E-state index in [0.717, 1.165) is 15.9 Å². The Morgan fingerprint density at radius 2 is 1.25 bits per heavy atom. The van der Waals surface area contributed by atoms with Crippen LogP contribution >= 0.6 is 36.6 Å². The number of aliphatic hydroxyl groups is 2. The molecule has 1 aliphatic rings. The maximum absolute atomic E-state index is 13.4.